The molecule has 7 heteroatoms. The Morgan fingerprint density at radius 3 is 2.59 bits per heavy atom. The van der Waals surface area contributed by atoms with Crippen molar-refractivity contribution < 1.29 is 14.2 Å². The number of nitrogens with zero attached hydrogens (tertiary/aromatic N) is 3. The van der Waals surface area contributed by atoms with Crippen molar-refractivity contribution in [1.82, 2.24) is 15.2 Å². The second kappa shape index (κ2) is 12.6. The maximum absolute atomic E-state index is 5.71. The zero-order valence-corrected chi connectivity index (χ0v) is 17.9. The lowest BCUT2D eigenvalue weighted by atomic mass is 10.2. The SMILES string of the molecule is CCNC(=NCc1cccnc1OCCOC)N(C)Cc1ccc(OCC)cc1. The topological polar surface area (TPSA) is 68.2 Å². The lowest BCUT2D eigenvalue weighted by Crippen LogP contribution is -2.38. The van der Waals surface area contributed by atoms with E-state index in [1.54, 1.807) is 13.3 Å². The Hall–Kier alpha value is -2.80. The number of ether oxygens (including phenoxy) is 3. The highest BCUT2D eigenvalue weighted by Gasteiger charge is 2.09. The van der Waals surface area contributed by atoms with Gasteiger partial charge in [-0.3, -0.25) is 0 Å². The molecule has 29 heavy (non-hydrogen) atoms. The molecule has 0 spiro atoms. The van der Waals surface area contributed by atoms with E-state index < -0.39 is 0 Å². The van der Waals surface area contributed by atoms with Crippen LogP contribution in [0.3, 0.4) is 0 Å². The summed E-state index contributed by atoms with van der Waals surface area (Å²) in [5.74, 6) is 2.31. The number of aliphatic imine (C=N–C) groups is 1. The minimum Gasteiger partial charge on any atom is -0.494 e. The van der Waals surface area contributed by atoms with Gasteiger partial charge in [-0.15, -0.1) is 0 Å². The highest BCUT2D eigenvalue weighted by Crippen LogP contribution is 2.16. The Kier molecular flexibility index (Phi) is 9.78. The van der Waals surface area contributed by atoms with Crippen molar-refractivity contribution in [2.45, 2.75) is 26.9 Å². The molecule has 2 aromatic rings. The van der Waals surface area contributed by atoms with Crippen LogP contribution in [-0.4, -0.2) is 56.4 Å². The summed E-state index contributed by atoms with van der Waals surface area (Å²) >= 11 is 0. The van der Waals surface area contributed by atoms with Crippen LogP contribution in [0.4, 0.5) is 0 Å². The van der Waals surface area contributed by atoms with Gasteiger partial charge in [-0.25, -0.2) is 9.98 Å². The molecule has 0 bridgehead atoms. The summed E-state index contributed by atoms with van der Waals surface area (Å²) in [4.78, 5) is 11.2. The summed E-state index contributed by atoms with van der Waals surface area (Å²) in [6.45, 7) is 7.70. The van der Waals surface area contributed by atoms with Gasteiger partial charge in [0.15, 0.2) is 5.96 Å². The van der Waals surface area contributed by atoms with Gasteiger partial charge in [0.1, 0.15) is 12.4 Å². The number of benzene rings is 1. The molecule has 0 saturated heterocycles. The molecule has 0 amide bonds. The second-order valence-corrected chi connectivity index (χ2v) is 6.41. The van der Waals surface area contributed by atoms with Crippen molar-refractivity contribution in [2.24, 2.45) is 4.99 Å². The third kappa shape index (κ3) is 7.62. The maximum Gasteiger partial charge on any atom is 0.218 e. The smallest absolute Gasteiger partial charge is 0.218 e. The van der Waals surface area contributed by atoms with E-state index >= 15 is 0 Å². The Morgan fingerprint density at radius 1 is 1.10 bits per heavy atom. The first-order valence-electron chi connectivity index (χ1n) is 9.94. The fourth-order valence-corrected chi connectivity index (χ4v) is 2.73. The van der Waals surface area contributed by atoms with Gasteiger partial charge in [-0.2, -0.15) is 0 Å². The number of methoxy groups -OCH3 is 1. The lowest BCUT2D eigenvalue weighted by molar-refractivity contribution is 0.143. The van der Waals surface area contributed by atoms with Crippen LogP contribution in [0.25, 0.3) is 0 Å². The average molecular weight is 401 g/mol. The fraction of sp³-hybridized carbons (Fsp3) is 0.455. The van der Waals surface area contributed by atoms with Crippen LogP contribution in [-0.2, 0) is 17.8 Å². The van der Waals surface area contributed by atoms with Crippen LogP contribution < -0.4 is 14.8 Å². The predicted molar refractivity (Wildman–Crippen MR) is 116 cm³/mol. The number of pyridine rings is 1. The van der Waals surface area contributed by atoms with Crippen LogP contribution in [0.5, 0.6) is 11.6 Å². The summed E-state index contributed by atoms with van der Waals surface area (Å²) in [5.41, 5.74) is 2.12. The van der Waals surface area contributed by atoms with Gasteiger partial charge in [0.05, 0.1) is 19.8 Å². The number of guanidine groups is 1. The van der Waals surface area contributed by atoms with Gasteiger partial charge >= 0.3 is 0 Å². The minimum absolute atomic E-state index is 0.460. The molecule has 158 valence electrons. The van der Waals surface area contributed by atoms with Crippen molar-refractivity contribution in [1.29, 1.82) is 0 Å². The molecule has 0 aliphatic carbocycles. The molecule has 0 atom stereocenters. The molecule has 1 N–H and O–H groups in total. The molecule has 0 aliphatic rings. The van der Waals surface area contributed by atoms with Crippen molar-refractivity contribution in [3.05, 3.63) is 53.7 Å². The normalized spacial score (nSPS) is 11.2. The first-order chi connectivity index (χ1) is 14.2. The van der Waals surface area contributed by atoms with E-state index in [-0.39, 0.29) is 0 Å². The van der Waals surface area contributed by atoms with E-state index in [4.69, 9.17) is 19.2 Å². The Morgan fingerprint density at radius 2 is 1.90 bits per heavy atom. The van der Waals surface area contributed by atoms with Gasteiger partial charge in [-0.1, -0.05) is 18.2 Å². The minimum atomic E-state index is 0.460. The van der Waals surface area contributed by atoms with Gasteiger partial charge < -0.3 is 24.4 Å². The van der Waals surface area contributed by atoms with Crippen LogP contribution >= 0.6 is 0 Å². The Bertz CT molecular complexity index is 750. The zero-order valence-electron chi connectivity index (χ0n) is 17.9. The standard InChI is InChI=1S/C22H32N4O3/c1-5-23-22(26(3)17-18-9-11-20(12-10-18)28-6-2)25-16-19-8-7-13-24-21(19)29-15-14-27-4/h7-13H,5-6,14-17H2,1-4H3,(H,23,25). The van der Waals surface area contributed by atoms with Crippen LogP contribution in [0.15, 0.2) is 47.6 Å². The molecule has 0 unspecified atom stereocenters. The van der Waals surface area contributed by atoms with Crippen molar-refractivity contribution in [3.8, 4) is 11.6 Å². The fourth-order valence-electron chi connectivity index (χ4n) is 2.73. The van der Waals surface area contributed by atoms with E-state index in [1.165, 1.54) is 5.56 Å². The largest absolute Gasteiger partial charge is 0.494 e. The molecule has 1 heterocycles. The second-order valence-electron chi connectivity index (χ2n) is 6.41. The van der Waals surface area contributed by atoms with Gasteiger partial charge in [0.25, 0.3) is 0 Å². The number of rotatable bonds is 11. The van der Waals surface area contributed by atoms with Crippen molar-refractivity contribution in [3.63, 3.8) is 0 Å². The summed E-state index contributed by atoms with van der Waals surface area (Å²) in [7, 11) is 3.67. The average Bonchev–Trinajstić information content (AvgIpc) is 2.73. The molecule has 7 nitrogen and oxygen atoms in total. The van der Waals surface area contributed by atoms with E-state index in [1.807, 2.05) is 38.2 Å². The molecule has 2 rings (SSSR count). The highest BCUT2D eigenvalue weighted by molar-refractivity contribution is 5.79. The first kappa shape index (κ1) is 22.5. The lowest BCUT2D eigenvalue weighted by Gasteiger charge is -2.22. The molecular formula is C22H32N4O3. The number of hydrogen-bond donors (Lipinski definition) is 1. The van der Waals surface area contributed by atoms with E-state index in [9.17, 15) is 0 Å². The molecular weight excluding hydrogens is 368 g/mol. The van der Waals surface area contributed by atoms with Crippen LogP contribution in [0, 0.1) is 0 Å². The van der Waals surface area contributed by atoms with Crippen LogP contribution in [0.1, 0.15) is 25.0 Å². The van der Waals surface area contributed by atoms with Gasteiger partial charge in [0.2, 0.25) is 5.88 Å². The monoisotopic (exact) mass is 400 g/mol. The Balaban J connectivity index is 2.05. The van der Waals surface area contributed by atoms with E-state index in [0.717, 1.165) is 30.4 Å². The molecule has 1 aromatic heterocycles. The van der Waals surface area contributed by atoms with Gasteiger partial charge in [-0.05, 0) is 37.6 Å². The molecule has 1 aromatic carbocycles. The first-order valence-corrected chi connectivity index (χ1v) is 9.94. The number of aromatic nitrogens is 1. The maximum atomic E-state index is 5.71. The molecule has 0 aliphatic heterocycles. The molecule has 0 fully saturated rings. The van der Waals surface area contributed by atoms with Gasteiger partial charge in [0, 0.05) is 39.0 Å². The van der Waals surface area contributed by atoms with E-state index in [0.29, 0.717) is 32.2 Å². The predicted octanol–water partition coefficient (Wildman–Crippen LogP) is 3.10. The summed E-state index contributed by atoms with van der Waals surface area (Å²) in [6, 6.07) is 12.0. The third-order valence-corrected chi connectivity index (χ3v) is 4.13. The molecule has 0 radical (unpaired) electrons. The number of nitrogens with one attached hydrogen (secondary N) is 1. The summed E-state index contributed by atoms with van der Waals surface area (Å²) < 4.78 is 16.3. The molecule has 0 saturated carbocycles. The highest BCUT2D eigenvalue weighted by atomic mass is 16.5. The van der Waals surface area contributed by atoms with Crippen molar-refractivity contribution in [2.75, 3.05) is 40.5 Å². The zero-order chi connectivity index (χ0) is 20.9. The summed E-state index contributed by atoms with van der Waals surface area (Å²) in [5, 5.41) is 3.35. The third-order valence-electron chi connectivity index (χ3n) is 4.13. The Labute approximate surface area is 173 Å². The number of hydrogen-bond acceptors (Lipinski definition) is 5. The van der Waals surface area contributed by atoms with E-state index in [2.05, 4.69) is 34.3 Å². The summed E-state index contributed by atoms with van der Waals surface area (Å²) in [6.07, 6.45) is 1.72. The van der Waals surface area contributed by atoms with Crippen LogP contribution in [0.2, 0.25) is 0 Å². The quantitative estimate of drug-likeness (QED) is 0.355. The van der Waals surface area contributed by atoms with Crippen molar-refractivity contribution >= 4 is 5.96 Å².